The van der Waals surface area contributed by atoms with Gasteiger partial charge in [0, 0.05) is 24.2 Å². The summed E-state index contributed by atoms with van der Waals surface area (Å²) < 4.78 is 10.4. The van der Waals surface area contributed by atoms with E-state index >= 15 is 0 Å². The summed E-state index contributed by atoms with van der Waals surface area (Å²) in [4.78, 5) is 11.7. The van der Waals surface area contributed by atoms with E-state index in [1.807, 2.05) is 26.8 Å². The molecule has 1 saturated carbocycles. The molecule has 0 aliphatic heterocycles. The zero-order chi connectivity index (χ0) is 17.0. The Kier molecular flexibility index (Phi) is 5.36. The summed E-state index contributed by atoms with van der Waals surface area (Å²) in [5, 5.41) is 16.1. The van der Waals surface area contributed by atoms with E-state index in [1.165, 1.54) is 0 Å². The van der Waals surface area contributed by atoms with E-state index in [9.17, 15) is 9.90 Å². The van der Waals surface area contributed by atoms with E-state index in [1.54, 1.807) is 19.2 Å². The molecular weight excluding hydrogens is 296 g/mol. The van der Waals surface area contributed by atoms with Crippen LogP contribution in [0.15, 0.2) is 18.2 Å². The Bertz CT molecular complexity index is 548. The first kappa shape index (κ1) is 17.4. The maximum Gasteiger partial charge on any atom is 0.407 e. The van der Waals surface area contributed by atoms with Gasteiger partial charge in [0.25, 0.3) is 0 Å². The third kappa shape index (κ3) is 5.32. The molecule has 2 rings (SSSR count). The van der Waals surface area contributed by atoms with Crippen molar-refractivity contribution in [2.45, 2.75) is 57.8 Å². The number of carbonyl (C=O) groups excluding carboxylic acids is 1. The summed E-state index contributed by atoms with van der Waals surface area (Å²) in [5.74, 6) is 0.971. The molecule has 1 aromatic carbocycles. The van der Waals surface area contributed by atoms with Crippen LogP contribution in [0.2, 0.25) is 0 Å². The van der Waals surface area contributed by atoms with Gasteiger partial charge in [-0.2, -0.15) is 0 Å². The molecule has 1 amide bonds. The van der Waals surface area contributed by atoms with Crippen molar-refractivity contribution in [3.05, 3.63) is 23.8 Å². The zero-order valence-electron chi connectivity index (χ0n) is 14.2. The molecule has 0 bridgehead atoms. The highest BCUT2D eigenvalue weighted by Crippen LogP contribution is 2.25. The largest absolute Gasteiger partial charge is 0.508 e. The van der Waals surface area contributed by atoms with Gasteiger partial charge in [-0.1, -0.05) is 0 Å². The smallest absolute Gasteiger partial charge is 0.407 e. The Hall–Kier alpha value is -1.95. The Morgan fingerprint density at radius 2 is 2.00 bits per heavy atom. The summed E-state index contributed by atoms with van der Waals surface area (Å²) in [6, 6.07) is 5.63. The van der Waals surface area contributed by atoms with Crippen molar-refractivity contribution in [1.29, 1.82) is 0 Å². The lowest BCUT2D eigenvalue weighted by Crippen LogP contribution is -2.52. The molecule has 23 heavy (non-hydrogen) atoms. The van der Waals surface area contributed by atoms with E-state index in [2.05, 4.69) is 10.6 Å². The third-order valence-corrected chi connectivity index (χ3v) is 3.73. The van der Waals surface area contributed by atoms with Gasteiger partial charge in [-0.3, -0.25) is 0 Å². The highest BCUT2D eigenvalue weighted by molar-refractivity contribution is 5.68. The highest BCUT2D eigenvalue weighted by Gasteiger charge is 2.31. The molecule has 0 heterocycles. The van der Waals surface area contributed by atoms with Crippen LogP contribution in [0.5, 0.6) is 11.5 Å². The van der Waals surface area contributed by atoms with Gasteiger partial charge in [-0.25, -0.2) is 4.79 Å². The van der Waals surface area contributed by atoms with Crippen LogP contribution in [0.1, 0.15) is 39.2 Å². The van der Waals surface area contributed by atoms with Crippen LogP contribution in [0.25, 0.3) is 0 Å². The predicted molar refractivity (Wildman–Crippen MR) is 87.7 cm³/mol. The molecule has 6 heteroatoms. The molecule has 0 unspecified atom stereocenters. The monoisotopic (exact) mass is 322 g/mol. The first-order valence-corrected chi connectivity index (χ1v) is 7.85. The lowest BCUT2D eigenvalue weighted by Gasteiger charge is -2.36. The molecule has 0 saturated heterocycles. The fourth-order valence-corrected chi connectivity index (χ4v) is 2.46. The number of ether oxygens (including phenoxy) is 2. The van der Waals surface area contributed by atoms with E-state index < -0.39 is 5.60 Å². The van der Waals surface area contributed by atoms with Crippen LogP contribution in [-0.2, 0) is 11.3 Å². The van der Waals surface area contributed by atoms with Crippen molar-refractivity contribution >= 4 is 6.09 Å². The fraction of sp³-hybridized carbons (Fsp3) is 0.588. The third-order valence-electron chi connectivity index (χ3n) is 3.73. The molecule has 128 valence electrons. The van der Waals surface area contributed by atoms with Crippen LogP contribution < -0.4 is 15.4 Å². The Labute approximate surface area is 137 Å². The van der Waals surface area contributed by atoms with Crippen molar-refractivity contribution in [3.8, 4) is 11.5 Å². The summed E-state index contributed by atoms with van der Waals surface area (Å²) in [6.45, 7) is 6.10. The quantitative estimate of drug-likeness (QED) is 0.776. The van der Waals surface area contributed by atoms with Crippen LogP contribution in [0.4, 0.5) is 4.79 Å². The zero-order valence-corrected chi connectivity index (χ0v) is 14.2. The number of hydrogen-bond donors (Lipinski definition) is 3. The summed E-state index contributed by atoms with van der Waals surface area (Å²) in [5.41, 5.74) is 0.322. The molecule has 3 N–H and O–H groups in total. The van der Waals surface area contributed by atoms with E-state index in [0.717, 1.165) is 24.2 Å². The van der Waals surface area contributed by atoms with Crippen LogP contribution in [-0.4, -0.2) is 36.0 Å². The number of methoxy groups -OCH3 is 1. The van der Waals surface area contributed by atoms with Crippen LogP contribution in [0.3, 0.4) is 0 Å². The molecule has 1 fully saturated rings. The molecular formula is C17H26N2O4. The van der Waals surface area contributed by atoms with Gasteiger partial charge in [0.1, 0.15) is 17.1 Å². The standard InChI is InChI=1S/C17H26N2O4/c1-17(2,3)23-16(21)19-13-8-12(9-13)18-10-11-7-14(22-4)5-6-15(11)20/h5-7,12-13,18,20H,8-10H2,1-4H3,(H,19,21). The number of aromatic hydroxyl groups is 1. The van der Waals surface area contributed by atoms with Gasteiger partial charge in [0.15, 0.2) is 0 Å². The van der Waals surface area contributed by atoms with Crippen molar-refractivity contribution in [3.63, 3.8) is 0 Å². The fourth-order valence-electron chi connectivity index (χ4n) is 2.46. The van der Waals surface area contributed by atoms with Gasteiger partial charge >= 0.3 is 6.09 Å². The van der Waals surface area contributed by atoms with Crippen molar-refractivity contribution in [2.75, 3.05) is 7.11 Å². The molecule has 6 nitrogen and oxygen atoms in total. The van der Waals surface area contributed by atoms with Gasteiger partial charge < -0.3 is 25.2 Å². The Morgan fingerprint density at radius 1 is 1.30 bits per heavy atom. The summed E-state index contributed by atoms with van der Waals surface area (Å²) in [7, 11) is 1.60. The number of amides is 1. The second kappa shape index (κ2) is 7.08. The molecule has 0 radical (unpaired) electrons. The molecule has 1 aliphatic carbocycles. The van der Waals surface area contributed by atoms with Crippen molar-refractivity contribution < 1.29 is 19.4 Å². The van der Waals surface area contributed by atoms with Gasteiger partial charge in [0.2, 0.25) is 0 Å². The van der Waals surface area contributed by atoms with E-state index in [-0.39, 0.29) is 17.9 Å². The molecule has 0 atom stereocenters. The molecule has 0 spiro atoms. The van der Waals surface area contributed by atoms with Gasteiger partial charge in [-0.15, -0.1) is 0 Å². The molecule has 0 aromatic heterocycles. The second-order valence-electron chi connectivity index (χ2n) is 6.89. The normalized spacial score (nSPS) is 20.5. The minimum Gasteiger partial charge on any atom is -0.508 e. The van der Waals surface area contributed by atoms with Gasteiger partial charge in [0.05, 0.1) is 7.11 Å². The first-order chi connectivity index (χ1) is 10.8. The number of nitrogens with one attached hydrogen (secondary N) is 2. The lowest BCUT2D eigenvalue weighted by molar-refractivity contribution is 0.0465. The van der Waals surface area contributed by atoms with Crippen LogP contribution in [0, 0.1) is 0 Å². The van der Waals surface area contributed by atoms with Gasteiger partial charge in [-0.05, 0) is 51.8 Å². The number of alkyl carbamates (subject to hydrolysis) is 1. The Balaban J connectivity index is 1.71. The maximum atomic E-state index is 11.7. The minimum absolute atomic E-state index is 0.140. The van der Waals surface area contributed by atoms with Crippen molar-refractivity contribution in [2.24, 2.45) is 0 Å². The number of benzene rings is 1. The number of rotatable bonds is 5. The van der Waals surface area contributed by atoms with E-state index in [0.29, 0.717) is 12.6 Å². The maximum absolute atomic E-state index is 11.7. The van der Waals surface area contributed by atoms with Crippen LogP contribution >= 0.6 is 0 Å². The Morgan fingerprint density at radius 3 is 2.61 bits per heavy atom. The molecule has 1 aromatic rings. The highest BCUT2D eigenvalue weighted by atomic mass is 16.6. The summed E-state index contributed by atoms with van der Waals surface area (Å²) >= 11 is 0. The number of phenolic OH excluding ortho intramolecular Hbond substituents is 1. The van der Waals surface area contributed by atoms with Crippen molar-refractivity contribution in [1.82, 2.24) is 10.6 Å². The topological polar surface area (TPSA) is 79.8 Å². The average molecular weight is 322 g/mol. The summed E-state index contributed by atoms with van der Waals surface area (Å²) in [6.07, 6.45) is 1.33. The first-order valence-electron chi connectivity index (χ1n) is 7.85. The number of carbonyl (C=O) groups is 1. The van der Waals surface area contributed by atoms with E-state index in [4.69, 9.17) is 9.47 Å². The SMILES string of the molecule is COc1ccc(O)c(CNC2CC(NC(=O)OC(C)(C)C)C2)c1. The average Bonchev–Trinajstić information content (AvgIpc) is 2.40. The minimum atomic E-state index is -0.477. The molecule has 1 aliphatic rings. The number of hydrogen-bond acceptors (Lipinski definition) is 5. The lowest BCUT2D eigenvalue weighted by atomic mass is 9.86. The second-order valence-corrected chi connectivity index (χ2v) is 6.89. The predicted octanol–water partition coefficient (Wildman–Crippen LogP) is 2.55. The number of phenols is 1.